The molecule has 0 spiro atoms. The molecular formula is C8H11N3O. The third kappa shape index (κ3) is 1.13. The minimum absolute atomic E-state index is 0.410. The van der Waals surface area contributed by atoms with E-state index in [0.29, 0.717) is 11.7 Å². The van der Waals surface area contributed by atoms with E-state index in [2.05, 4.69) is 10.3 Å². The van der Waals surface area contributed by atoms with E-state index in [1.54, 1.807) is 4.68 Å². The van der Waals surface area contributed by atoms with Crippen LogP contribution in [-0.4, -0.2) is 21.3 Å². The number of rotatable bonds is 2. The molecule has 0 atom stereocenters. The van der Waals surface area contributed by atoms with E-state index < -0.39 is 0 Å². The highest BCUT2D eigenvalue weighted by Crippen LogP contribution is 2.28. The molecule has 1 saturated carbocycles. The summed E-state index contributed by atoms with van der Waals surface area (Å²) in [5.41, 5.74) is 0.599. The Bertz CT molecular complexity index is 276. The summed E-state index contributed by atoms with van der Waals surface area (Å²) in [6, 6.07) is 0.410. The lowest BCUT2D eigenvalue weighted by Gasteiger charge is -2.08. The van der Waals surface area contributed by atoms with E-state index in [1.807, 2.05) is 0 Å². The summed E-state index contributed by atoms with van der Waals surface area (Å²) in [6.45, 7) is 0. The third-order valence-electron chi connectivity index (χ3n) is 2.39. The van der Waals surface area contributed by atoms with Crippen molar-refractivity contribution in [2.75, 3.05) is 0 Å². The summed E-state index contributed by atoms with van der Waals surface area (Å²) in [4.78, 5) is 10.5. The van der Waals surface area contributed by atoms with Gasteiger partial charge in [-0.05, 0) is 12.8 Å². The van der Waals surface area contributed by atoms with E-state index in [0.717, 1.165) is 19.1 Å². The van der Waals surface area contributed by atoms with Crippen LogP contribution in [0.3, 0.4) is 0 Å². The lowest BCUT2D eigenvalue weighted by Crippen LogP contribution is -2.09. The minimum Gasteiger partial charge on any atom is -0.296 e. The first-order valence-electron chi connectivity index (χ1n) is 4.27. The van der Waals surface area contributed by atoms with Gasteiger partial charge < -0.3 is 0 Å². The maximum Gasteiger partial charge on any atom is 0.169 e. The van der Waals surface area contributed by atoms with Gasteiger partial charge in [0.15, 0.2) is 6.29 Å². The predicted molar refractivity (Wildman–Crippen MR) is 42.9 cm³/mol. The largest absolute Gasteiger partial charge is 0.296 e. The van der Waals surface area contributed by atoms with E-state index >= 15 is 0 Å². The zero-order valence-corrected chi connectivity index (χ0v) is 6.81. The number of nitrogens with zero attached hydrogens (tertiary/aromatic N) is 3. The molecule has 0 aliphatic heterocycles. The normalized spacial score (nSPS) is 18.3. The van der Waals surface area contributed by atoms with Crippen molar-refractivity contribution in [2.45, 2.75) is 31.7 Å². The van der Waals surface area contributed by atoms with Crippen LogP contribution in [0.25, 0.3) is 0 Å². The number of hydrogen-bond donors (Lipinski definition) is 0. The minimum atomic E-state index is 0.410. The second kappa shape index (κ2) is 3.05. The lowest BCUT2D eigenvalue weighted by atomic mass is 10.2. The average Bonchev–Trinajstić information content (AvgIpc) is 2.74. The van der Waals surface area contributed by atoms with Crippen molar-refractivity contribution >= 4 is 6.29 Å². The number of carbonyl (C=O) groups is 1. The molecule has 12 heavy (non-hydrogen) atoms. The predicted octanol–water partition coefficient (Wildman–Crippen LogP) is 1.21. The highest BCUT2D eigenvalue weighted by atomic mass is 16.1. The molecule has 1 aromatic rings. The maximum absolute atomic E-state index is 10.5. The summed E-state index contributed by atoms with van der Waals surface area (Å²) in [5.74, 6) is 0. The Morgan fingerprint density at radius 1 is 1.50 bits per heavy atom. The monoisotopic (exact) mass is 165 g/mol. The standard InChI is InChI=1S/C8H11N3O/c12-6-8-5-9-10-11(8)7-3-1-2-4-7/h5-7H,1-4H2. The first-order valence-corrected chi connectivity index (χ1v) is 4.27. The van der Waals surface area contributed by atoms with Crippen LogP contribution < -0.4 is 0 Å². The molecule has 0 radical (unpaired) electrons. The smallest absolute Gasteiger partial charge is 0.169 e. The van der Waals surface area contributed by atoms with Gasteiger partial charge in [-0.3, -0.25) is 4.79 Å². The Balaban J connectivity index is 2.25. The fourth-order valence-corrected chi connectivity index (χ4v) is 1.77. The Labute approximate surface area is 70.6 Å². The van der Waals surface area contributed by atoms with Crippen LogP contribution in [0, 0.1) is 0 Å². The van der Waals surface area contributed by atoms with Gasteiger partial charge in [-0.15, -0.1) is 5.10 Å². The molecule has 0 saturated heterocycles. The molecule has 64 valence electrons. The molecule has 0 aromatic carbocycles. The van der Waals surface area contributed by atoms with Gasteiger partial charge in [0.25, 0.3) is 0 Å². The molecule has 1 aliphatic carbocycles. The highest BCUT2D eigenvalue weighted by molar-refractivity contribution is 5.71. The molecule has 1 aliphatic rings. The van der Waals surface area contributed by atoms with E-state index in [4.69, 9.17) is 0 Å². The van der Waals surface area contributed by atoms with Crippen LogP contribution in [0.5, 0.6) is 0 Å². The van der Waals surface area contributed by atoms with Crippen molar-refractivity contribution in [1.29, 1.82) is 0 Å². The average molecular weight is 165 g/mol. The Morgan fingerprint density at radius 3 is 2.92 bits per heavy atom. The van der Waals surface area contributed by atoms with Gasteiger partial charge in [-0.25, -0.2) is 4.68 Å². The molecule has 0 unspecified atom stereocenters. The van der Waals surface area contributed by atoms with Crippen LogP contribution in [0.15, 0.2) is 6.20 Å². The molecule has 2 rings (SSSR count). The van der Waals surface area contributed by atoms with Crippen molar-refractivity contribution in [2.24, 2.45) is 0 Å². The topological polar surface area (TPSA) is 47.8 Å². The van der Waals surface area contributed by atoms with Gasteiger partial charge in [-0.2, -0.15) is 0 Å². The van der Waals surface area contributed by atoms with Gasteiger partial charge in [-0.1, -0.05) is 18.1 Å². The zero-order valence-electron chi connectivity index (χ0n) is 6.81. The summed E-state index contributed by atoms with van der Waals surface area (Å²) in [7, 11) is 0. The van der Waals surface area contributed by atoms with Crippen LogP contribution in [0.4, 0.5) is 0 Å². The van der Waals surface area contributed by atoms with Crippen molar-refractivity contribution in [1.82, 2.24) is 15.0 Å². The molecule has 0 amide bonds. The van der Waals surface area contributed by atoms with Gasteiger partial charge >= 0.3 is 0 Å². The van der Waals surface area contributed by atoms with Crippen LogP contribution in [0.2, 0.25) is 0 Å². The number of hydrogen-bond acceptors (Lipinski definition) is 3. The Hall–Kier alpha value is -1.19. The van der Waals surface area contributed by atoms with Crippen molar-refractivity contribution in [3.63, 3.8) is 0 Å². The maximum atomic E-state index is 10.5. The molecule has 1 fully saturated rings. The summed E-state index contributed by atoms with van der Waals surface area (Å²) in [6.07, 6.45) is 7.07. The van der Waals surface area contributed by atoms with Gasteiger partial charge in [0.2, 0.25) is 0 Å². The first kappa shape index (κ1) is 7.46. The molecular weight excluding hydrogens is 154 g/mol. The molecule has 1 aromatic heterocycles. The summed E-state index contributed by atoms with van der Waals surface area (Å²) < 4.78 is 1.75. The van der Waals surface area contributed by atoms with Gasteiger partial charge in [0.1, 0.15) is 5.69 Å². The number of aromatic nitrogens is 3. The van der Waals surface area contributed by atoms with Crippen LogP contribution >= 0.6 is 0 Å². The van der Waals surface area contributed by atoms with Crippen molar-refractivity contribution in [3.05, 3.63) is 11.9 Å². The van der Waals surface area contributed by atoms with Gasteiger partial charge in [0.05, 0.1) is 12.2 Å². The van der Waals surface area contributed by atoms with Gasteiger partial charge in [0, 0.05) is 0 Å². The third-order valence-corrected chi connectivity index (χ3v) is 2.39. The first-order chi connectivity index (χ1) is 5.92. The second-order valence-corrected chi connectivity index (χ2v) is 3.16. The van der Waals surface area contributed by atoms with E-state index in [9.17, 15) is 4.79 Å². The second-order valence-electron chi connectivity index (χ2n) is 3.16. The highest BCUT2D eigenvalue weighted by Gasteiger charge is 2.19. The van der Waals surface area contributed by atoms with Crippen molar-refractivity contribution in [3.8, 4) is 0 Å². The number of carbonyl (C=O) groups excluding carboxylic acids is 1. The Morgan fingerprint density at radius 2 is 2.25 bits per heavy atom. The number of aldehydes is 1. The summed E-state index contributed by atoms with van der Waals surface area (Å²) in [5, 5.41) is 7.62. The van der Waals surface area contributed by atoms with Crippen LogP contribution in [-0.2, 0) is 0 Å². The molecule has 1 heterocycles. The molecule has 4 heteroatoms. The summed E-state index contributed by atoms with van der Waals surface area (Å²) >= 11 is 0. The van der Waals surface area contributed by atoms with Crippen LogP contribution in [0.1, 0.15) is 42.2 Å². The SMILES string of the molecule is O=Cc1cnnn1C1CCCC1. The fraction of sp³-hybridized carbons (Fsp3) is 0.625. The fourth-order valence-electron chi connectivity index (χ4n) is 1.77. The lowest BCUT2D eigenvalue weighted by molar-refractivity contribution is 0.111. The van der Waals surface area contributed by atoms with Crippen molar-refractivity contribution < 1.29 is 4.79 Å². The molecule has 0 N–H and O–H groups in total. The molecule has 0 bridgehead atoms. The molecule has 4 nitrogen and oxygen atoms in total. The zero-order chi connectivity index (χ0) is 8.39. The van der Waals surface area contributed by atoms with E-state index in [1.165, 1.54) is 19.0 Å². The quantitative estimate of drug-likeness (QED) is 0.619. The van der Waals surface area contributed by atoms with E-state index in [-0.39, 0.29) is 0 Å². The Kier molecular flexibility index (Phi) is 1.89.